The molecule has 1 aliphatic heterocycles. The van der Waals surface area contributed by atoms with Crippen molar-refractivity contribution < 1.29 is 14.2 Å². The van der Waals surface area contributed by atoms with Gasteiger partial charge in [0.25, 0.3) is 0 Å². The summed E-state index contributed by atoms with van der Waals surface area (Å²) in [6, 6.07) is 0.557. The van der Waals surface area contributed by atoms with Crippen LogP contribution in [0.15, 0.2) is 0 Å². The SMILES string of the molecule is CCOC1CC(N)C1N1CC(OC)(OC)C1. The Kier molecular flexibility index (Phi) is 3.51. The molecule has 1 saturated heterocycles. The van der Waals surface area contributed by atoms with Crippen LogP contribution in [0.2, 0.25) is 0 Å². The van der Waals surface area contributed by atoms with Crippen molar-refractivity contribution in [3.8, 4) is 0 Å². The quantitative estimate of drug-likeness (QED) is 0.663. The summed E-state index contributed by atoms with van der Waals surface area (Å²) in [6.07, 6.45) is 1.24. The number of nitrogens with two attached hydrogens (primary N) is 1. The Morgan fingerprint density at radius 3 is 2.38 bits per heavy atom. The molecule has 94 valence electrons. The zero-order chi connectivity index (χ0) is 11.8. The second-order valence-electron chi connectivity index (χ2n) is 4.61. The Bertz CT molecular complexity index is 235. The molecule has 0 aromatic rings. The standard InChI is InChI=1S/C11H22N2O3/c1-4-16-9-5-8(12)10(9)13-6-11(7-13,14-2)15-3/h8-10H,4-7,12H2,1-3H3. The van der Waals surface area contributed by atoms with Crippen molar-refractivity contribution in [1.29, 1.82) is 0 Å². The molecule has 3 atom stereocenters. The van der Waals surface area contributed by atoms with Crippen LogP contribution in [0.25, 0.3) is 0 Å². The van der Waals surface area contributed by atoms with Crippen molar-refractivity contribution in [2.45, 2.75) is 37.3 Å². The van der Waals surface area contributed by atoms with Gasteiger partial charge in [0.1, 0.15) is 0 Å². The first-order valence-electron chi connectivity index (χ1n) is 5.87. The van der Waals surface area contributed by atoms with Crippen molar-refractivity contribution in [3.63, 3.8) is 0 Å². The van der Waals surface area contributed by atoms with Crippen molar-refractivity contribution in [2.24, 2.45) is 5.73 Å². The van der Waals surface area contributed by atoms with Gasteiger partial charge in [-0.1, -0.05) is 0 Å². The van der Waals surface area contributed by atoms with Crippen LogP contribution in [-0.2, 0) is 14.2 Å². The van der Waals surface area contributed by atoms with Gasteiger partial charge in [-0.3, -0.25) is 4.90 Å². The predicted molar refractivity (Wildman–Crippen MR) is 60.1 cm³/mol. The fourth-order valence-corrected chi connectivity index (χ4v) is 2.64. The van der Waals surface area contributed by atoms with Crippen molar-refractivity contribution >= 4 is 0 Å². The Morgan fingerprint density at radius 1 is 1.31 bits per heavy atom. The number of likely N-dealkylation sites (tertiary alicyclic amines) is 1. The molecule has 5 heteroatoms. The van der Waals surface area contributed by atoms with Crippen LogP contribution in [0, 0.1) is 0 Å². The Balaban J connectivity index is 1.86. The van der Waals surface area contributed by atoms with E-state index in [0.717, 1.165) is 26.1 Å². The van der Waals surface area contributed by atoms with Crippen LogP contribution < -0.4 is 5.73 Å². The van der Waals surface area contributed by atoms with E-state index in [1.807, 2.05) is 6.92 Å². The van der Waals surface area contributed by atoms with Crippen molar-refractivity contribution in [1.82, 2.24) is 4.90 Å². The summed E-state index contributed by atoms with van der Waals surface area (Å²) in [4.78, 5) is 2.29. The Hall–Kier alpha value is -0.200. The molecule has 16 heavy (non-hydrogen) atoms. The number of methoxy groups -OCH3 is 2. The molecule has 5 nitrogen and oxygen atoms in total. The number of hydrogen-bond donors (Lipinski definition) is 1. The third-order valence-electron chi connectivity index (χ3n) is 3.76. The van der Waals surface area contributed by atoms with Crippen LogP contribution in [0.1, 0.15) is 13.3 Å². The third kappa shape index (κ3) is 1.87. The predicted octanol–water partition coefficient (Wildman–Crippen LogP) is -0.204. The maximum atomic E-state index is 6.02. The normalized spacial score (nSPS) is 37.9. The molecule has 2 fully saturated rings. The van der Waals surface area contributed by atoms with E-state index in [4.69, 9.17) is 19.9 Å². The first-order chi connectivity index (χ1) is 7.65. The average Bonchev–Trinajstić information content (AvgIpc) is 2.22. The van der Waals surface area contributed by atoms with Gasteiger partial charge in [0, 0.05) is 26.9 Å². The lowest BCUT2D eigenvalue weighted by atomic mass is 9.80. The highest BCUT2D eigenvalue weighted by atomic mass is 16.7. The van der Waals surface area contributed by atoms with E-state index in [2.05, 4.69) is 4.90 Å². The molecule has 2 rings (SSSR count). The Morgan fingerprint density at radius 2 is 1.94 bits per heavy atom. The molecule has 1 aliphatic carbocycles. The van der Waals surface area contributed by atoms with Crippen LogP contribution in [0.4, 0.5) is 0 Å². The molecule has 0 radical (unpaired) electrons. The van der Waals surface area contributed by atoms with E-state index in [9.17, 15) is 0 Å². The first kappa shape index (κ1) is 12.3. The molecule has 2 aliphatic rings. The molecule has 0 bridgehead atoms. The van der Waals surface area contributed by atoms with E-state index in [1.165, 1.54) is 0 Å². The summed E-state index contributed by atoms with van der Waals surface area (Å²) >= 11 is 0. The summed E-state index contributed by atoms with van der Waals surface area (Å²) in [5.74, 6) is -0.425. The van der Waals surface area contributed by atoms with E-state index in [1.54, 1.807) is 14.2 Å². The minimum atomic E-state index is -0.425. The lowest BCUT2D eigenvalue weighted by molar-refractivity contribution is -0.295. The number of rotatable bonds is 5. The summed E-state index contributed by atoms with van der Waals surface area (Å²) in [7, 11) is 3.36. The van der Waals surface area contributed by atoms with Gasteiger partial charge in [-0.25, -0.2) is 0 Å². The van der Waals surface area contributed by atoms with Gasteiger partial charge < -0.3 is 19.9 Å². The highest BCUT2D eigenvalue weighted by Gasteiger charge is 2.53. The molecule has 3 unspecified atom stereocenters. The topological polar surface area (TPSA) is 57.0 Å². The zero-order valence-corrected chi connectivity index (χ0v) is 10.3. The van der Waals surface area contributed by atoms with Gasteiger partial charge in [0.05, 0.1) is 25.2 Å². The lowest BCUT2D eigenvalue weighted by Crippen LogP contribution is -2.75. The monoisotopic (exact) mass is 230 g/mol. The Labute approximate surface area is 96.8 Å². The van der Waals surface area contributed by atoms with E-state index in [0.29, 0.717) is 6.04 Å². The fourth-order valence-electron chi connectivity index (χ4n) is 2.64. The van der Waals surface area contributed by atoms with E-state index in [-0.39, 0.29) is 12.1 Å². The highest BCUT2D eigenvalue weighted by molar-refractivity contribution is 5.06. The number of nitrogens with zero attached hydrogens (tertiary/aromatic N) is 1. The average molecular weight is 230 g/mol. The van der Waals surface area contributed by atoms with Crippen molar-refractivity contribution in [2.75, 3.05) is 33.9 Å². The number of ether oxygens (including phenoxy) is 3. The second kappa shape index (κ2) is 4.58. The number of hydrogen-bond acceptors (Lipinski definition) is 5. The first-order valence-corrected chi connectivity index (χ1v) is 5.87. The largest absolute Gasteiger partial charge is 0.377 e. The van der Waals surface area contributed by atoms with Crippen LogP contribution in [0.5, 0.6) is 0 Å². The molecule has 1 saturated carbocycles. The van der Waals surface area contributed by atoms with Crippen molar-refractivity contribution in [3.05, 3.63) is 0 Å². The summed E-state index contributed by atoms with van der Waals surface area (Å²) in [5.41, 5.74) is 6.02. The fraction of sp³-hybridized carbons (Fsp3) is 1.00. The molecular formula is C11H22N2O3. The lowest BCUT2D eigenvalue weighted by Gasteiger charge is -2.57. The maximum absolute atomic E-state index is 6.02. The van der Waals surface area contributed by atoms with Crippen LogP contribution in [-0.4, -0.2) is 62.8 Å². The van der Waals surface area contributed by atoms with Gasteiger partial charge in [0.2, 0.25) is 0 Å². The molecule has 1 heterocycles. The van der Waals surface area contributed by atoms with E-state index < -0.39 is 5.79 Å². The minimum absolute atomic E-state index is 0.225. The molecule has 0 aromatic heterocycles. The third-order valence-corrected chi connectivity index (χ3v) is 3.76. The molecule has 2 N–H and O–H groups in total. The molecule has 0 spiro atoms. The van der Waals surface area contributed by atoms with Crippen LogP contribution in [0.3, 0.4) is 0 Å². The second-order valence-corrected chi connectivity index (χ2v) is 4.61. The summed E-state index contributed by atoms with van der Waals surface area (Å²) in [6.45, 7) is 4.33. The molecular weight excluding hydrogens is 208 g/mol. The van der Waals surface area contributed by atoms with Gasteiger partial charge in [0.15, 0.2) is 5.79 Å². The summed E-state index contributed by atoms with van der Waals surface area (Å²) in [5, 5.41) is 0. The van der Waals surface area contributed by atoms with E-state index >= 15 is 0 Å². The smallest absolute Gasteiger partial charge is 0.193 e. The zero-order valence-electron chi connectivity index (χ0n) is 10.3. The maximum Gasteiger partial charge on any atom is 0.193 e. The van der Waals surface area contributed by atoms with Gasteiger partial charge >= 0.3 is 0 Å². The van der Waals surface area contributed by atoms with Crippen LogP contribution >= 0.6 is 0 Å². The van der Waals surface area contributed by atoms with Gasteiger partial charge in [-0.2, -0.15) is 0 Å². The molecule has 0 amide bonds. The van der Waals surface area contributed by atoms with Gasteiger partial charge in [-0.05, 0) is 13.3 Å². The van der Waals surface area contributed by atoms with Gasteiger partial charge in [-0.15, -0.1) is 0 Å². The summed E-state index contributed by atoms with van der Waals surface area (Å²) < 4.78 is 16.4. The molecule has 0 aromatic carbocycles. The highest BCUT2D eigenvalue weighted by Crippen LogP contribution is 2.35. The minimum Gasteiger partial charge on any atom is -0.377 e.